The summed E-state index contributed by atoms with van der Waals surface area (Å²) in [5, 5.41) is 13.7. The topological polar surface area (TPSA) is 68.4 Å². The number of hydrogen-bond acceptors (Lipinski definition) is 5. The van der Waals surface area contributed by atoms with Crippen molar-refractivity contribution in [2.45, 2.75) is 12.8 Å². The average molecular weight is 313 g/mol. The molecule has 18 heavy (non-hydrogen) atoms. The third-order valence-corrected chi connectivity index (χ3v) is 2.90. The molecular formula is C12H13BrN2O3. The number of nitrogens with zero attached hydrogens (tertiary/aromatic N) is 2. The van der Waals surface area contributed by atoms with Gasteiger partial charge in [0, 0.05) is 24.6 Å². The first kappa shape index (κ1) is 13.0. The van der Waals surface area contributed by atoms with Gasteiger partial charge >= 0.3 is 0 Å². The Balaban J connectivity index is 2.13. The smallest absolute Gasteiger partial charge is 0.261 e. The van der Waals surface area contributed by atoms with E-state index in [9.17, 15) is 5.11 Å². The van der Waals surface area contributed by atoms with Crippen molar-refractivity contribution in [3.8, 4) is 17.2 Å². The molecule has 0 saturated carbocycles. The van der Waals surface area contributed by atoms with Crippen LogP contribution in [-0.2, 0) is 11.2 Å². The summed E-state index contributed by atoms with van der Waals surface area (Å²) in [6.07, 6.45) is 1.52. The first-order chi connectivity index (χ1) is 8.70. The fourth-order valence-corrected chi connectivity index (χ4v) is 1.87. The minimum absolute atomic E-state index is 0.108. The third-order valence-electron chi connectivity index (χ3n) is 2.41. The van der Waals surface area contributed by atoms with Gasteiger partial charge in [0.1, 0.15) is 5.75 Å². The lowest BCUT2D eigenvalue weighted by atomic mass is 10.2. The quantitative estimate of drug-likeness (QED) is 0.860. The van der Waals surface area contributed by atoms with Gasteiger partial charge in [-0.2, -0.15) is 4.98 Å². The van der Waals surface area contributed by atoms with Crippen molar-refractivity contribution in [1.29, 1.82) is 0 Å². The van der Waals surface area contributed by atoms with Gasteiger partial charge in [0.25, 0.3) is 5.89 Å². The molecule has 0 atom stereocenters. The van der Waals surface area contributed by atoms with E-state index in [1.807, 2.05) is 6.07 Å². The van der Waals surface area contributed by atoms with Gasteiger partial charge in [-0.25, -0.2) is 0 Å². The van der Waals surface area contributed by atoms with Crippen LogP contribution in [0.1, 0.15) is 12.2 Å². The number of aromatic nitrogens is 2. The predicted octanol–water partition coefficient (Wildman–Crippen LogP) is 2.78. The molecule has 0 spiro atoms. The van der Waals surface area contributed by atoms with Crippen LogP contribution in [0.4, 0.5) is 0 Å². The van der Waals surface area contributed by atoms with E-state index in [0.717, 1.165) is 10.9 Å². The van der Waals surface area contributed by atoms with Crippen LogP contribution in [-0.4, -0.2) is 29.0 Å². The van der Waals surface area contributed by atoms with Crippen molar-refractivity contribution < 1.29 is 14.4 Å². The minimum Gasteiger partial charge on any atom is -0.507 e. The summed E-state index contributed by atoms with van der Waals surface area (Å²) in [6.45, 7) is 0.660. The number of ether oxygens (including phenoxy) is 1. The van der Waals surface area contributed by atoms with Crippen LogP contribution in [0.2, 0.25) is 0 Å². The molecule has 0 amide bonds. The zero-order valence-electron chi connectivity index (χ0n) is 9.89. The summed E-state index contributed by atoms with van der Waals surface area (Å²) in [7, 11) is 1.65. The van der Waals surface area contributed by atoms with E-state index in [4.69, 9.17) is 9.26 Å². The van der Waals surface area contributed by atoms with Gasteiger partial charge in [0.05, 0.1) is 5.56 Å². The fraction of sp³-hybridized carbons (Fsp3) is 0.333. The van der Waals surface area contributed by atoms with E-state index >= 15 is 0 Å². The van der Waals surface area contributed by atoms with Crippen molar-refractivity contribution in [3.05, 3.63) is 28.5 Å². The highest BCUT2D eigenvalue weighted by molar-refractivity contribution is 9.10. The zero-order valence-corrected chi connectivity index (χ0v) is 11.5. The summed E-state index contributed by atoms with van der Waals surface area (Å²) in [5.74, 6) is 1.05. The van der Waals surface area contributed by atoms with E-state index in [2.05, 4.69) is 26.1 Å². The van der Waals surface area contributed by atoms with Gasteiger partial charge in [0.2, 0.25) is 0 Å². The second-order valence-corrected chi connectivity index (χ2v) is 4.69. The average Bonchev–Trinajstić information content (AvgIpc) is 2.78. The van der Waals surface area contributed by atoms with Crippen LogP contribution in [0.5, 0.6) is 5.75 Å². The van der Waals surface area contributed by atoms with Gasteiger partial charge in [-0.3, -0.25) is 0 Å². The van der Waals surface area contributed by atoms with Crippen LogP contribution < -0.4 is 0 Å². The number of methoxy groups -OCH3 is 1. The van der Waals surface area contributed by atoms with Crippen LogP contribution >= 0.6 is 15.9 Å². The SMILES string of the molecule is COCCCc1noc(-c2ccc(Br)cc2O)n1. The molecule has 1 heterocycles. The molecule has 0 fully saturated rings. The molecule has 2 aromatic rings. The zero-order chi connectivity index (χ0) is 13.0. The molecule has 0 aliphatic heterocycles. The van der Waals surface area contributed by atoms with Crippen LogP contribution in [0.25, 0.3) is 11.5 Å². The maximum Gasteiger partial charge on any atom is 0.261 e. The van der Waals surface area contributed by atoms with E-state index in [-0.39, 0.29) is 5.75 Å². The molecule has 1 N–H and O–H groups in total. The molecule has 6 heteroatoms. The Morgan fingerprint density at radius 3 is 3.00 bits per heavy atom. The normalized spacial score (nSPS) is 10.8. The summed E-state index contributed by atoms with van der Waals surface area (Å²) in [5.41, 5.74) is 0.531. The molecule has 2 rings (SSSR count). The molecule has 5 nitrogen and oxygen atoms in total. The molecule has 0 aliphatic carbocycles. The van der Waals surface area contributed by atoms with Gasteiger partial charge in [-0.1, -0.05) is 21.1 Å². The van der Waals surface area contributed by atoms with Gasteiger partial charge in [-0.05, 0) is 24.6 Å². The standard InChI is InChI=1S/C12H13BrN2O3/c1-17-6-2-3-11-14-12(18-15-11)9-5-4-8(13)7-10(9)16/h4-5,7,16H,2-3,6H2,1H3. The number of halogens is 1. The van der Waals surface area contributed by atoms with E-state index < -0.39 is 0 Å². The number of phenols is 1. The van der Waals surface area contributed by atoms with Gasteiger partial charge in [0.15, 0.2) is 5.82 Å². The summed E-state index contributed by atoms with van der Waals surface area (Å²) in [4.78, 5) is 4.23. The fourth-order valence-electron chi connectivity index (χ4n) is 1.53. The van der Waals surface area contributed by atoms with Crippen molar-refractivity contribution >= 4 is 15.9 Å². The molecule has 0 radical (unpaired) electrons. The third kappa shape index (κ3) is 3.08. The summed E-state index contributed by atoms with van der Waals surface area (Å²) >= 11 is 3.28. The first-order valence-electron chi connectivity index (χ1n) is 5.51. The number of rotatable bonds is 5. The second kappa shape index (κ2) is 5.97. The van der Waals surface area contributed by atoms with E-state index in [1.165, 1.54) is 0 Å². The minimum atomic E-state index is 0.108. The van der Waals surface area contributed by atoms with E-state index in [1.54, 1.807) is 19.2 Å². The van der Waals surface area contributed by atoms with E-state index in [0.29, 0.717) is 30.3 Å². The lowest BCUT2D eigenvalue weighted by Crippen LogP contribution is -1.94. The Morgan fingerprint density at radius 1 is 1.44 bits per heavy atom. The molecular weight excluding hydrogens is 300 g/mol. The number of aromatic hydroxyl groups is 1. The Labute approximate surface area is 113 Å². The highest BCUT2D eigenvalue weighted by atomic mass is 79.9. The van der Waals surface area contributed by atoms with Crippen molar-refractivity contribution in [3.63, 3.8) is 0 Å². The Hall–Kier alpha value is -1.40. The van der Waals surface area contributed by atoms with Crippen molar-refractivity contribution in [2.24, 2.45) is 0 Å². The number of phenolic OH excluding ortho intramolecular Hbond substituents is 1. The molecule has 0 unspecified atom stereocenters. The summed E-state index contributed by atoms with van der Waals surface area (Å²) in [6, 6.07) is 5.12. The maximum atomic E-state index is 9.79. The molecule has 1 aromatic heterocycles. The Bertz CT molecular complexity index is 528. The maximum absolute atomic E-state index is 9.79. The molecule has 96 valence electrons. The molecule has 1 aromatic carbocycles. The van der Waals surface area contributed by atoms with Crippen LogP contribution in [0.15, 0.2) is 27.2 Å². The Kier molecular flexibility index (Phi) is 4.33. The lowest BCUT2D eigenvalue weighted by Gasteiger charge is -1.99. The number of benzene rings is 1. The highest BCUT2D eigenvalue weighted by Crippen LogP contribution is 2.30. The molecule has 0 aliphatic rings. The lowest BCUT2D eigenvalue weighted by molar-refractivity contribution is 0.194. The Morgan fingerprint density at radius 2 is 2.28 bits per heavy atom. The highest BCUT2D eigenvalue weighted by Gasteiger charge is 2.12. The molecule has 0 bridgehead atoms. The number of aryl methyl sites for hydroxylation is 1. The summed E-state index contributed by atoms with van der Waals surface area (Å²) < 4.78 is 10.9. The second-order valence-electron chi connectivity index (χ2n) is 3.77. The first-order valence-corrected chi connectivity index (χ1v) is 6.30. The van der Waals surface area contributed by atoms with Crippen molar-refractivity contribution in [1.82, 2.24) is 10.1 Å². The van der Waals surface area contributed by atoms with Crippen LogP contribution in [0, 0.1) is 0 Å². The predicted molar refractivity (Wildman–Crippen MR) is 69.3 cm³/mol. The monoisotopic (exact) mass is 312 g/mol. The van der Waals surface area contributed by atoms with Gasteiger partial charge < -0.3 is 14.4 Å². The molecule has 0 saturated heterocycles. The largest absolute Gasteiger partial charge is 0.507 e. The van der Waals surface area contributed by atoms with Crippen molar-refractivity contribution in [2.75, 3.05) is 13.7 Å². The van der Waals surface area contributed by atoms with Gasteiger partial charge in [-0.15, -0.1) is 0 Å². The number of hydrogen-bond donors (Lipinski definition) is 1. The van der Waals surface area contributed by atoms with Crippen LogP contribution in [0.3, 0.4) is 0 Å².